The van der Waals surface area contributed by atoms with Gasteiger partial charge in [-0.1, -0.05) is 32.9 Å². The van der Waals surface area contributed by atoms with Crippen molar-refractivity contribution in [2.45, 2.75) is 52.2 Å². The molecule has 0 saturated carbocycles. The van der Waals surface area contributed by atoms with Gasteiger partial charge in [-0.2, -0.15) is 0 Å². The van der Waals surface area contributed by atoms with Crippen molar-refractivity contribution in [2.24, 2.45) is 0 Å². The van der Waals surface area contributed by atoms with Gasteiger partial charge in [0.1, 0.15) is 5.88 Å². The number of hydrogen-bond donors (Lipinski definition) is 1. The van der Waals surface area contributed by atoms with Crippen LogP contribution in [0.15, 0.2) is 18.2 Å². The lowest BCUT2D eigenvalue weighted by molar-refractivity contribution is -0.113. The molecule has 0 spiro atoms. The Morgan fingerprint density at radius 2 is 1.90 bits per heavy atom. The van der Waals surface area contributed by atoms with Crippen LogP contribution < -0.4 is 5.32 Å². The van der Waals surface area contributed by atoms with Gasteiger partial charge in [0.15, 0.2) is 9.76 Å². The predicted octanol–water partition coefficient (Wildman–Crippen LogP) is 3.73. The maximum Gasteiger partial charge on any atom is 0.239 e. The van der Waals surface area contributed by atoms with Gasteiger partial charge in [-0.05, 0) is 43.0 Å². The monoisotopic (exact) mass is 327 g/mol. The molecule has 0 radical (unpaired) electrons. The molecular formula is C16H26ClNO2Si. The van der Waals surface area contributed by atoms with Crippen LogP contribution in [0.1, 0.15) is 45.7 Å². The minimum absolute atomic E-state index is 0.0412. The fourth-order valence-corrected chi connectivity index (χ4v) is 3.10. The topological polar surface area (TPSA) is 38.3 Å². The van der Waals surface area contributed by atoms with Gasteiger partial charge in [0.05, 0.1) is 5.60 Å². The minimum atomic E-state index is -0.661. The third kappa shape index (κ3) is 5.45. The third-order valence-corrected chi connectivity index (χ3v) is 5.22. The molecule has 1 aromatic rings. The van der Waals surface area contributed by atoms with Gasteiger partial charge < -0.3 is 9.74 Å². The second-order valence-corrected chi connectivity index (χ2v) is 9.99. The summed E-state index contributed by atoms with van der Waals surface area (Å²) in [5.74, 6) is -0.236. The summed E-state index contributed by atoms with van der Waals surface area (Å²) < 4.78 is 6.25. The van der Waals surface area contributed by atoms with E-state index in [1.807, 2.05) is 19.1 Å². The van der Waals surface area contributed by atoms with Crippen LogP contribution >= 0.6 is 11.6 Å². The molecule has 118 valence electrons. The van der Waals surface area contributed by atoms with E-state index < -0.39 is 9.76 Å². The minimum Gasteiger partial charge on any atom is -0.415 e. The van der Waals surface area contributed by atoms with Crippen LogP contribution in [0.3, 0.4) is 0 Å². The first-order valence-corrected chi connectivity index (χ1v) is 8.98. The molecule has 0 aliphatic heterocycles. The smallest absolute Gasteiger partial charge is 0.239 e. The number of hydrogen-bond acceptors (Lipinski definition) is 2. The standard InChI is InChI=1S/C16H26ClNO2Si/c1-11-12(16(5,6)20-21-15(2,3)4)8-7-9-13(11)18-14(19)10-17/h7-9H,10,21H2,1-6H3,(H,18,19). The number of nitrogens with one attached hydrogen (secondary N) is 1. The Balaban J connectivity index is 3.01. The zero-order valence-corrected chi connectivity index (χ0v) is 16.0. The van der Waals surface area contributed by atoms with Gasteiger partial charge in [0, 0.05) is 5.69 Å². The summed E-state index contributed by atoms with van der Waals surface area (Å²) in [6.45, 7) is 12.8. The van der Waals surface area contributed by atoms with Crippen LogP contribution in [0, 0.1) is 6.92 Å². The fourth-order valence-electron chi connectivity index (χ4n) is 2.08. The van der Waals surface area contributed by atoms with Crippen molar-refractivity contribution in [1.82, 2.24) is 0 Å². The zero-order chi connectivity index (χ0) is 16.3. The van der Waals surface area contributed by atoms with E-state index >= 15 is 0 Å². The Hall–Kier alpha value is -0.843. The highest BCUT2D eigenvalue weighted by Crippen LogP contribution is 2.33. The van der Waals surface area contributed by atoms with Crippen molar-refractivity contribution in [3.05, 3.63) is 29.3 Å². The van der Waals surface area contributed by atoms with Gasteiger partial charge in [-0.15, -0.1) is 11.6 Å². The van der Waals surface area contributed by atoms with Gasteiger partial charge in [0.25, 0.3) is 0 Å². The molecule has 3 nitrogen and oxygen atoms in total. The molecule has 0 fully saturated rings. The van der Waals surface area contributed by atoms with Crippen molar-refractivity contribution >= 4 is 33.0 Å². The summed E-state index contributed by atoms with van der Waals surface area (Å²) in [5.41, 5.74) is 2.58. The van der Waals surface area contributed by atoms with Crippen molar-refractivity contribution in [1.29, 1.82) is 0 Å². The van der Waals surface area contributed by atoms with Crippen molar-refractivity contribution in [3.63, 3.8) is 0 Å². The molecule has 0 heterocycles. The van der Waals surface area contributed by atoms with E-state index in [0.717, 1.165) is 16.8 Å². The molecule has 0 aliphatic carbocycles. The first-order chi connectivity index (χ1) is 9.57. The largest absolute Gasteiger partial charge is 0.415 e. The number of amides is 1. The van der Waals surface area contributed by atoms with Gasteiger partial charge >= 0.3 is 0 Å². The molecular weight excluding hydrogens is 302 g/mol. The number of carbonyl (C=O) groups is 1. The van der Waals surface area contributed by atoms with Crippen molar-refractivity contribution < 1.29 is 9.22 Å². The van der Waals surface area contributed by atoms with Crippen LogP contribution in [-0.4, -0.2) is 21.6 Å². The summed E-state index contributed by atoms with van der Waals surface area (Å²) >= 11 is 5.55. The van der Waals surface area contributed by atoms with E-state index in [2.05, 4.69) is 46.0 Å². The highest BCUT2D eigenvalue weighted by Gasteiger charge is 2.26. The Morgan fingerprint density at radius 1 is 1.29 bits per heavy atom. The van der Waals surface area contributed by atoms with Crippen molar-refractivity contribution in [2.75, 3.05) is 11.2 Å². The lowest BCUT2D eigenvalue weighted by Gasteiger charge is -2.32. The number of anilines is 1. The summed E-state index contributed by atoms with van der Waals surface area (Å²) in [7, 11) is -0.661. The first kappa shape index (κ1) is 18.2. The number of alkyl halides is 1. The second kappa shape index (κ2) is 6.94. The van der Waals surface area contributed by atoms with E-state index in [0.29, 0.717) is 0 Å². The molecule has 0 unspecified atom stereocenters. The highest BCUT2D eigenvalue weighted by molar-refractivity contribution is 6.31. The number of benzene rings is 1. The quantitative estimate of drug-likeness (QED) is 0.661. The van der Waals surface area contributed by atoms with Gasteiger partial charge in [-0.3, -0.25) is 4.79 Å². The summed E-state index contributed by atoms with van der Waals surface area (Å²) in [6, 6.07) is 5.89. The van der Waals surface area contributed by atoms with Gasteiger partial charge in [-0.25, -0.2) is 0 Å². The molecule has 1 rings (SSSR count). The van der Waals surface area contributed by atoms with E-state index in [4.69, 9.17) is 16.0 Å². The van der Waals surface area contributed by atoms with Crippen molar-refractivity contribution in [3.8, 4) is 0 Å². The van der Waals surface area contributed by atoms with E-state index in [1.54, 1.807) is 0 Å². The number of carbonyl (C=O) groups excluding carboxylic acids is 1. The molecule has 1 aromatic carbocycles. The molecule has 0 bridgehead atoms. The Bertz CT molecular complexity index is 509. The van der Waals surface area contributed by atoms with Crippen LogP contribution in [-0.2, 0) is 14.8 Å². The Labute approximate surface area is 135 Å². The Kier molecular flexibility index (Phi) is 6.02. The number of halogens is 1. The summed E-state index contributed by atoms with van der Waals surface area (Å²) in [6.07, 6.45) is 0. The molecule has 0 saturated heterocycles. The maximum absolute atomic E-state index is 11.5. The molecule has 0 aromatic heterocycles. The lowest BCUT2D eigenvalue weighted by atomic mass is 9.93. The zero-order valence-electron chi connectivity index (χ0n) is 13.8. The fraction of sp³-hybridized carbons (Fsp3) is 0.562. The first-order valence-electron chi connectivity index (χ1n) is 7.17. The average molecular weight is 328 g/mol. The molecule has 0 aliphatic rings. The lowest BCUT2D eigenvalue weighted by Crippen LogP contribution is -2.28. The van der Waals surface area contributed by atoms with Crippen LogP contribution in [0.5, 0.6) is 0 Å². The second-order valence-electron chi connectivity index (χ2n) is 7.02. The average Bonchev–Trinajstić information content (AvgIpc) is 2.38. The van der Waals surface area contributed by atoms with E-state index in [9.17, 15) is 4.79 Å². The molecule has 0 atom stereocenters. The number of rotatable bonds is 5. The molecule has 21 heavy (non-hydrogen) atoms. The van der Waals surface area contributed by atoms with E-state index in [-0.39, 0.29) is 22.4 Å². The van der Waals surface area contributed by atoms with Gasteiger partial charge in [0.2, 0.25) is 5.91 Å². The molecule has 5 heteroatoms. The maximum atomic E-state index is 11.5. The van der Waals surface area contributed by atoms with Crippen LogP contribution in [0.2, 0.25) is 5.04 Å². The normalized spacial score (nSPS) is 12.9. The summed E-state index contributed by atoms with van der Waals surface area (Å²) in [5, 5.41) is 3.08. The SMILES string of the molecule is Cc1c(NC(=O)CCl)cccc1C(C)(C)O[SiH2]C(C)(C)C. The Morgan fingerprint density at radius 3 is 2.43 bits per heavy atom. The van der Waals surface area contributed by atoms with Crippen LogP contribution in [0.4, 0.5) is 5.69 Å². The van der Waals surface area contributed by atoms with E-state index in [1.165, 1.54) is 0 Å². The molecule has 1 amide bonds. The predicted molar refractivity (Wildman–Crippen MR) is 92.9 cm³/mol. The summed E-state index contributed by atoms with van der Waals surface area (Å²) in [4.78, 5) is 11.5. The van der Waals surface area contributed by atoms with Crippen LogP contribution in [0.25, 0.3) is 0 Å². The molecule has 1 N–H and O–H groups in total. The highest BCUT2D eigenvalue weighted by atomic mass is 35.5. The third-order valence-electron chi connectivity index (χ3n) is 3.24.